The molecule has 1 amide bonds. The Morgan fingerprint density at radius 1 is 1.24 bits per heavy atom. The van der Waals surface area contributed by atoms with E-state index in [9.17, 15) is 10.1 Å². The summed E-state index contributed by atoms with van der Waals surface area (Å²) in [5, 5.41) is 26.8. The molecule has 0 aliphatic heterocycles. The number of benzene rings is 2. The number of ether oxygens (including phenoxy) is 1. The van der Waals surface area contributed by atoms with E-state index in [1.807, 2.05) is 19.2 Å². The van der Waals surface area contributed by atoms with Crippen LogP contribution >= 0.6 is 23.2 Å². The number of nitrogens with one attached hydrogen (secondary N) is 1. The van der Waals surface area contributed by atoms with Gasteiger partial charge in [-0.1, -0.05) is 28.4 Å². The van der Waals surface area contributed by atoms with Crippen molar-refractivity contribution in [3.63, 3.8) is 0 Å². The van der Waals surface area contributed by atoms with Crippen molar-refractivity contribution in [2.75, 3.05) is 27.2 Å². The molecule has 11 nitrogen and oxygen atoms in total. The van der Waals surface area contributed by atoms with Gasteiger partial charge in [0.1, 0.15) is 5.75 Å². The van der Waals surface area contributed by atoms with Gasteiger partial charge in [-0.3, -0.25) is 0 Å². The highest BCUT2D eigenvalue weighted by Crippen LogP contribution is 2.37. The Labute approximate surface area is 227 Å². The van der Waals surface area contributed by atoms with Crippen LogP contribution in [0.1, 0.15) is 11.3 Å². The molecule has 192 valence electrons. The second-order valence-electron chi connectivity index (χ2n) is 8.42. The Morgan fingerprint density at radius 3 is 2.87 bits per heavy atom. The molecule has 5 rings (SSSR count). The molecule has 13 heteroatoms. The average molecular weight is 550 g/mol. The Kier molecular flexibility index (Phi) is 7.11. The van der Waals surface area contributed by atoms with E-state index >= 15 is 0 Å². The van der Waals surface area contributed by atoms with Gasteiger partial charge in [0, 0.05) is 36.7 Å². The summed E-state index contributed by atoms with van der Waals surface area (Å²) in [4.78, 5) is 19.0. The van der Waals surface area contributed by atoms with E-state index in [1.54, 1.807) is 53.2 Å². The molecular formula is C25H21Cl2N9O2. The van der Waals surface area contributed by atoms with Gasteiger partial charge in [0.15, 0.2) is 16.9 Å². The summed E-state index contributed by atoms with van der Waals surface area (Å²) in [6.07, 6.45) is 1.62. The zero-order valence-corrected chi connectivity index (χ0v) is 21.9. The number of hydrogen-bond acceptors (Lipinski definition) is 8. The lowest BCUT2D eigenvalue weighted by molar-refractivity contribution is 0.208. The van der Waals surface area contributed by atoms with Crippen LogP contribution < -0.4 is 10.1 Å². The van der Waals surface area contributed by atoms with Crippen molar-refractivity contribution in [1.82, 2.24) is 40.0 Å². The number of nitrogens with zero attached hydrogens (tertiary/aromatic N) is 8. The van der Waals surface area contributed by atoms with Gasteiger partial charge >= 0.3 is 6.03 Å². The first-order valence-corrected chi connectivity index (χ1v) is 12.3. The molecule has 5 aromatic rings. The topological polar surface area (TPSA) is 127 Å². The normalized spacial score (nSPS) is 11.1. The molecule has 0 unspecified atom stereocenters. The maximum atomic E-state index is 13.1. The molecule has 3 heterocycles. The SMILES string of the molecule is CNCCN(C)C(=O)n1nc(Cn2nnc3c(Oc4cc(Cl)cc(C#N)c4)c(Cl)ccc32)c2cccnc21. The summed E-state index contributed by atoms with van der Waals surface area (Å²) in [5.41, 5.74) is 2.45. The van der Waals surface area contributed by atoms with Gasteiger partial charge in [-0.05, 0) is 49.5 Å². The molecule has 0 fully saturated rings. The fourth-order valence-corrected chi connectivity index (χ4v) is 4.36. The number of pyridine rings is 1. The van der Waals surface area contributed by atoms with E-state index in [0.29, 0.717) is 56.8 Å². The van der Waals surface area contributed by atoms with Gasteiger partial charge < -0.3 is 15.0 Å². The van der Waals surface area contributed by atoms with E-state index in [0.717, 1.165) is 5.39 Å². The van der Waals surface area contributed by atoms with Gasteiger partial charge in [0.25, 0.3) is 0 Å². The summed E-state index contributed by atoms with van der Waals surface area (Å²) >= 11 is 12.6. The van der Waals surface area contributed by atoms with Gasteiger partial charge in [-0.25, -0.2) is 14.5 Å². The third kappa shape index (κ3) is 4.84. The van der Waals surface area contributed by atoms with E-state index in [1.165, 1.54) is 10.7 Å². The van der Waals surface area contributed by atoms with Crippen molar-refractivity contribution >= 4 is 51.3 Å². The highest BCUT2D eigenvalue weighted by atomic mass is 35.5. The van der Waals surface area contributed by atoms with Gasteiger partial charge in [0.05, 0.1) is 34.4 Å². The van der Waals surface area contributed by atoms with Crippen molar-refractivity contribution < 1.29 is 9.53 Å². The summed E-state index contributed by atoms with van der Waals surface area (Å²) in [5.74, 6) is 0.620. The van der Waals surface area contributed by atoms with E-state index in [4.69, 9.17) is 27.9 Å². The van der Waals surface area contributed by atoms with E-state index in [2.05, 4.69) is 25.7 Å². The standard InChI is InChI=1S/C25H21Cl2N9O2/c1-29-8-9-34(2)25(37)36-24-18(4-3-7-30-24)20(32-36)14-35-21-6-5-19(27)23(22(21)31-33-35)38-17-11-15(13-28)10-16(26)12-17/h3-7,10-12,29H,8-9,14H2,1-2H3. The fraction of sp³-hybridized carbons (Fsp3) is 0.200. The molecule has 1 N–H and O–H groups in total. The minimum atomic E-state index is -0.292. The molecule has 2 aromatic carbocycles. The average Bonchev–Trinajstić information content (AvgIpc) is 3.50. The van der Waals surface area contributed by atoms with Gasteiger partial charge in [-0.2, -0.15) is 15.0 Å². The van der Waals surface area contributed by atoms with Gasteiger partial charge in [-0.15, -0.1) is 5.10 Å². The van der Waals surface area contributed by atoms with E-state index in [-0.39, 0.29) is 18.3 Å². The number of nitriles is 1. The smallest absolute Gasteiger partial charge is 0.346 e. The van der Waals surface area contributed by atoms with Crippen molar-refractivity contribution in [1.29, 1.82) is 5.26 Å². The van der Waals surface area contributed by atoms with Crippen LogP contribution in [0.5, 0.6) is 11.5 Å². The number of rotatable bonds is 7. The van der Waals surface area contributed by atoms with Crippen LogP contribution in [-0.2, 0) is 6.54 Å². The zero-order chi connectivity index (χ0) is 26.8. The molecule has 0 saturated carbocycles. The summed E-state index contributed by atoms with van der Waals surface area (Å²) in [7, 11) is 3.54. The number of aromatic nitrogens is 6. The molecule has 0 saturated heterocycles. The van der Waals surface area contributed by atoms with Crippen LogP contribution in [0.15, 0.2) is 48.7 Å². The number of halogens is 2. The maximum absolute atomic E-state index is 13.1. The Balaban J connectivity index is 1.51. The van der Waals surface area contributed by atoms with Crippen molar-refractivity contribution in [3.05, 3.63) is 70.0 Å². The molecule has 0 aliphatic rings. The monoisotopic (exact) mass is 549 g/mol. The first-order valence-electron chi connectivity index (χ1n) is 11.5. The third-order valence-electron chi connectivity index (χ3n) is 5.84. The number of carbonyl (C=O) groups excluding carboxylic acids is 1. The number of carbonyl (C=O) groups is 1. The first kappa shape index (κ1) is 25.4. The first-order chi connectivity index (χ1) is 18.4. The van der Waals surface area contributed by atoms with E-state index < -0.39 is 0 Å². The number of hydrogen-bond donors (Lipinski definition) is 1. The highest BCUT2D eigenvalue weighted by molar-refractivity contribution is 6.33. The Hall–Kier alpha value is -4.24. The number of amides is 1. The van der Waals surface area contributed by atoms with Crippen LogP contribution in [0.25, 0.3) is 22.1 Å². The molecular weight excluding hydrogens is 529 g/mol. The molecule has 0 spiro atoms. The quantitative estimate of drug-likeness (QED) is 0.318. The largest absolute Gasteiger partial charge is 0.453 e. The second kappa shape index (κ2) is 10.6. The molecule has 0 radical (unpaired) electrons. The lowest BCUT2D eigenvalue weighted by Crippen LogP contribution is -2.36. The Bertz CT molecular complexity index is 1710. The van der Waals surface area contributed by atoms with Crippen LogP contribution in [0.4, 0.5) is 4.79 Å². The minimum absolute atomic E-state index is 0.218. The third-order valence-corrected chi connectivity index (χ3v) is 6.35. The molecule has 0 aliphatic carbocycles. The molecule has 0 atom stereocenters. The van der Waals surface area contributed by atoms with Crippen LogP contribution in [0.3, 0.4) is 0 Å². The van der Waals surface area contributed by atoms with Crippen LogP contribution in [0, 0.1) is 11.3 Å². The van der Waals surface area contributed by atoms with Crippen molar-refractivity contribution in [2.24, 2.45) is 0 Å². The van der Waals surface area contributed by atoms with Crippen molar-refractivity contribution in [3.8, 4) is 17.6 Å². The zero-order valence-electron chi connectivity index (χ0n) is 20.4. The fourth-order valence-electron chi connectivity index (χ4n) is 3.95. The molecule has 0 bridgehead atoms. The van der Waals surface area contributed by atoms with Crippen LogP contribution in [0.2, 0.25) is 10.0 Å². The molecule has 38 heavy (non-hydrogen) atoms. The lowest BCUT2D eigenvalue weighted by Gasteiger charge is -2.16. The molecule has 3 aromatic heterocycles. The summed E-state index contributed by atoms with van der Waals surface area (Å²) in [6, 6.07) is 13.5. The van der Waals surface area contributed by atoms with Crippen LogP contribution in [-0.4, -0.2) is 67.9 Å². The summed E-state index contributed by atoms with van der Waals surface area (Å²) in [6.45, 7) is 1.38. The number of fused-ring (bicyclic) bond motifs is 2. The number of likely N-dealkylation sites (N-methyl/N-ethyl adjacent to an activating group) is 2. The minimum Gasteiger partial charge on any atom is -0.453 e. The predicted octanol–water partition coefficient (Wildman–Crippen LogP) is 4.31. The maximum Gasteiger partial charge on any atom is 0.346 e. The summed E-state index contributed by atoms with van der Waals surface area (Å²) < 4.78 is 8.95. The van der Waals surface area contributed by atoms with Gasteiger partial charge in [0.2, 0.25) is 0 Å². The predicted molar refractivity (Wildman–Crippen MR) is 143 cm³/mol. The van der Waals surface area contributed by atoms with Crippen molar-refractivity contribution in [2.45, 2.75) is 6.54 Å². The highest BCUT2D eigenvalue weighted by Gasteiger charge is 2.21. The Morgan fingerprint density at radius 2 is 2.08 bits per heavy atom. The lowest BCUT2D eigenvalue weighted by atomic mass is 10.2. The second-order valence-corrected chi connectivity index (χ2v) is 9.27.